The standard InChI is InChI=1S/C19H15F2N3O2S/c1-27-14-5-2-11(3-6-14)18-22-19(26-23-18)12-8-17(25)24(10-12)13-4-7-15(20)16(21)9-13/h2-7,9,12H,8,10H2,1H3. The second-order valence-electron chi connectivity index (χ2n) is 6.19. The summed E-state index contributed by atoms with van der Waals surface area (Å²) < 4.78 is 31.9. The molecule has 3 aromatic rings. The van der Waals surface area contributed by atoms with Crippen LogP contribution in [0.3, 0.4) is 0 Å². The van der Waals surface area contributed by atoms with Gasteiger partial charge in [0.2, 0.25) is 17.6 Å². The fraction of sp³-hybridized carbons (Fsp3) is 0.211. The van der Waals surface area contributed by atoms with Crippen molar-refractivity contribution in [3.63, 3.8) is 0 Å². The van der Waals surface area contributed by atoms with Gasteiger partial charge in [0.15, 0.2) is 11.6 Å². The van der Waals surface area contributed by atoms with Crippen LogP contribution in [0.5, 0.6) is 0 Å². The molecule has 0 spiro atoms. The molecule has 0 radical (unpaired) electrons. The minimum absolute atomic E-state index is 0.173. The number of hydrogen-bond acceptors (Lipinski definition) is 5. The number of carbonyl (C=O) groups is 1. The predicted molar refractivity (Wildman–Crippen MR) is 97.6 cm³/mol. The van der Waals surface area contributed by atoms with E-state index in [1.54, 1.807) is 11.8 Å². The number of anilines is 1. The molecule has 0 N–H and O–H groups in total. The van der Waals surface area contributed by atoms with Crippen molar-refractivity contribution in [2.45, 2.75) is 17.2 Å². The van der Waals surface area contributed by atoms with Crippen molar-refractivity contribution in [3.8, 4) is 11.4 Å². The summed E-state index contributed by atoms with van der Waals surface area (Å²) in [6.45, 7) is 0.275. The van der Waals surface area contributed by atoms with Gasteiger partial charge in [-0.3, -0.25) is 4.79 Å². The Morgan fingerprint density at radius 1 is 1.15 bits per heavy atom. The average molecular weight is 387 g/mol. The van der Waals surface area contributed by atoms with Gasteiger partial charge in [0.05, 0.1) is 5.92 Å². The Balaban J connectivity index is 1.53. The van der Waals surface area contributed by atoms with Crippen molar-refractivity contribution >= 4 is 23.4 Å². The molecule has 1 aromatic heterocycles. The number of rotatable bonds is 4. The summed E-state index contributed by atoms with van der Waals surface area (Å²) in [5, 5.41) is 4.00. The lowest BCUT2D eigenvalue weighted by Gasteiger charge is -2.16. The molecule has 2 aromatic carbocycles. The van der Waals surface area contributed by atoms with Gasteiger partial charge in [-0.25, -0.2) is 8.78 Å². The summed E-state index contributed by atoms with van der Waals surface area (Å²) in [4.78, 5) is 19.3. The Labute approximate surface area is 158 Å². The maximum atomic E-state index is 13.5. The Kier molecular flexibility index (Phi) is 4.65. The van der Waals surface area contributed by atoms with E-state index in [1.165, 1.54) is 11.0 Å². The highest BCUT2D eigenvalue weighted by Crippen LogP contribution is 2.32. The molecule has 1 saturated heterocycles. The van der Waals surface area contributed by atoms with Crippen molar-refractivity contribution in [3.05, 3.63) is 60.0 Å². The van der Waals surface area contributed by atoms with Gasteiger partial charge in [0, 0.05) is 35.2 Å². The highest BCUT2D eigenvalue weighted by Gasteiger charge is 2.35. The van der Waals surface area contributed by atoms with Crippen LogP contribution < -0.4 is 4.90 Å². The molecule has 1 aliphatic rings. The van der Waals surface area contributed by atoms with Crippen LogP contribution in [0.25, 0.3) is 11.4 Å². The fourth-order valence-electron chi connectivity index (χ4n) is 3.03. The molecule has 1 atom stereocenters. The maximum Gasteiger partial charge on any atom is 0.232 e. The van der Waals surface area contributed by atoms with Crippen molar-refractivity contribution < 1.29 is 18.1 Å². The topological polar surface area (TPSA) is 59.2 Å². The number of carbonyl (C=O) groups excluding carboxylic acids is 1. The molecule has 2 heterocycles. The fourth-order valence-corrected chi connectivity index (χ4v) is 3.44. The molecule has 5 nitrogen and oxygen atoms in total. The van der Waals surface area contributed by atoms with Crippen LogP contribution in [0.2, 0.25) is 0 Å². The summed E-state index contributed by atoms with van der Waals surface area (Å²) in [7, 11) is 0. The van der Waals surface area contributed by atoms with E-state index in [9.17, 15) is 13.6 Å². The number of aromatic nitrogens is 2. The largest absolute Gasteiger partial charge is 0.339 e. The van der Waals surface area contributed by atoms with Crippen LogP contribution in [0.4, 0.5) is 14.5 Å². The molecule has 8 heteroatoms. The summed E-state index contributed by atoms with van der Waals surface area (Å²) in [5.74, 6) is -1.62. The zero-order valence-electron chi connectivity index (χ0n) is 14.4. The van der Waals surface area contributed by atoms with Crippen molar-refractivity contribution in [1.29, 1.82) is 0 Å². The molecule has 0 saturated carbocycles. The highest BCUT2D eigenvalue weighted by atomic mass is 32.2. The minimum atomic E-state index is -0.988. The first-order valence-corrected chi connectivity index (χ1v) is 9.51. The van der Waals surface area contributed by atoms with Crippen molar-refractivity contribution in [1.82, 2.24) is 10.1 Å². The molecule has 0 aliphatic carbocycles. The Morgan fingerprint density at radius 2 is 1.93 bits per heavy atom. The van der Waals surface area contributed by atoms with Gasteiger partial charge >= 0.3 is 0 Å². The molecule has 1 fully saturated rings. The number of thioether (sulfide) groups is 1. The first-order chi connectivity index (χ1) is 13.0. The minimum Gasteiger partial charge on any atom is -0.339 e. The summed E-state index contributed by atoms with van der Waals surface area (Å²) in [6, 6.07) is 11.2. The van der Waals surface area contributed by atoms with Crippen LogP contribution >= 0.6 is 11.8 Å². The Bertz CT molecular complexity index is 991. The van der Waals surface area contributed by atoms with Crippen LogP contribution in [0, 0.1) is 11.6 Å². The van der Waals surface area contributed by atoms with Crippen LogP contribution in [0.1, 0.15) is 18.2 Å². The van der Waals surface area contributed by atoms with Crippen molar-refractivity contribution in [2.24, 2.45) is 0 Å². The van der Waals surface area contributed by atoms with Gasteiger partial charge in [-0.05, 0) is 42.7 Å². The molecule has 27 heavy (non-hydrogen) atoms. The number of nitrogens with zero attached hydrogens (tertiary/aromatic N) is 3. The highest BCUT2D eigenvalue weighted by molar-refractivity contribution is 7.98. The van der Waals surface area contributed by atoms with Gasteiger partial charge in [-0.1, -0.05) is 5.16 Å². The summed E-state index contributed by atoms with van der Waals surface area (Å²) in [6.07, 6.45) is 2.17. The zero-order valence-corrected chi connectivity index (χ0v) is 15.2. The smallest absolute Gasteiger partial charge is 0.232 e. The molecule has 1 unspecified atom stereocenters. The zero-order chi connectivity index (χ0) is 19.0. The second-order valence-corrected chi connectivity index (χ2v) is 7.07. The van der Waals surface area contributed by atoms with Crippen LogP contribution in [0.15, 0.2) is 51.9 Å². The summed E-state index contributed by atoms with van der Waals surface area (Å²) in [5.41, 5.74) is 1.14. The molecule has 0 bridgehead atoms. The normalized spacial score (nSPS) is 16.9. The summed E-state index contributed by atoms with van der Waals surface area (Å²) >= 11 is 1.64. The molecule has 4 rings (SSSR count). The monoisotopic (exact) mass is 387 g/mol. The molecule has 1 aliphatic heterocycles. The van der Waals surface area contributed by atoms with Gasteiger partial charge in [0.25, 0.3) is 0 Å². The number of amides is 1. The van der Waals surface area contributed by atoms with E-state index in [0.29, 0.717) is 17.4 Å². The van der Waals surface area contributed by atoms with Crippen LogP contribution in [-0.2, 0) is 4.79 Å². The van der Waals surface area contributed by atoms with Gasteiger partial charge in [0.1, 0.15) is 0 Å². The van der Waals surface area contributed by atoms with E-state index >= 15 is 0 Å². The number of benzene rings is 2. The van der Waals surface area contributed by atoms with Crippen LogP contribution in [-0.4, -0.2) is 28.8 Å². The molecule has 138 valence electrons. The third-order valence-corrected chi connectivity index (χ3v) is 5.22. The third kappa shape index (κ3) is 3.44. The van der Waals surface area contributed by atoms with Gasteiger partial charge < -0.3 is 9.42 Å². The molecular weight excluding hydrogens is 372 g/mol. The van der Waals surface area contributed by atoms with Gasteiger partial charge in [-0.15, -0.1) is 11.8 Å². The van der Waals surface area contributed by atoms with E-state index < -0.39 is 11.6 Å². The molecular formula is C19H15F2N3O2S. The lowest BCUT2D eigenvalue weighted by Crippen LogP contribution is -2.24. The Hall–Kier alpha value is -2.74. The van der Waals surface area contributed by atoms with E-state index in [4.69, 9.17) is 4.52 Å². The predicted octanol–water partition coefficient (Wildman–Crippen LogP) is 4.26. The number of hydrogen-bond donors (Lipinski definition) is 0. The SMILES string of the molecule is CSc1ccc(-c2noc(C3CC(=O)N(c4ccc(F)c(F)c4)C3)n2)cc1. The first-order valence-electron chi connectivity index (χ1n) is 8.28. The lowest BCUT2D eigenvalue weighted by molar-refractivity contribution is -0.117. The first kappa shape index (κ1) is 17.7. The molecule has 1 amide bonds. The number of halogens is 2. The quantitative estimate of drug-likeness (QED) is 0.626. The lowest BCUT2D eigenvalue weighted by atomic mass is 10.1. The van der Waals surface area contributed by atoms with E-state index in [2.05, 4.69) is 10.1 Å². The van der Waals surface area contributed by atoms with E-state index in [0.717, 1.165) is 22.6 Å². The third-order valence-electron chi connectivity index (χ3n) is 4.48. The van der Waals surface area contributed by atoms with E-state index in [1.807, 2.05) is 30.5 Å². The van der Waals surface area contributed by atoms with Crippen molar-refractivity contribution in [2.75, 3.05) is 17.7 Å². The maximum absolute atomic E-state index is 13.5. The van der Waals surface area contributed by atoms with Gasteiger partial charge in [-0.2, -0.15) is 4.98 Å². The van der Waals surface area contributed by atoms with E-state index in [-0.39, 0.29) is 24.8 Å². The average Bonchev–Trinajstić information content (AvgIpc) is 3.31. The Morgan fingerprint density at radius 3 is 2.63 bits per heavy atom. The second kappa shape index (κ2) is 7.11.